The highest BCUT2D eigenvalue weighted by Crippen LogP contribution is 2.36. The van der Waals surface area contributed by atoms with Crippen LogP contribution in [0.15, 0.2) is 34.8 Å². The highest BCUT2D eigenvalue weighted by atomic mass is 79.9. The van der Waals surface area contributed by atoms with Crippen LogP contribution in [0.4, 0.5) is 0 Å². The maximum Gasteiger partial charge on any atom is 0.124 e. The third kappa shape index (κ3) is 1.25. The molecule has 2 rings (SSSR count). The summed E-state index contributed by atoms with van der Waals surface area (Å²) >= 11 is 3.31. The molecule has 0 aromatic heterocycles. The molecule has 0 bridgehead atoms. The fraction of sp³-hybridized carbons (Fsp3) is 0. The summed E-state index contributed by atoms with van der Waals surface area (Å²) < 4.78 is 0.776. The summed E-state index contributed by atoms with van der Waals surface area (Å²) in [6.45, 7) is 0. The van der Waals surface area contributed by atoms with Crippen LogP contribution in [0.3, 0.4) is 0 Å². The lowest BCUT2D eigenvalue weighted by Gasteiger charge is -2.04. The highest BCUT2D eigenvalue weighted by Gasteiger charge is 2.06. The molecule has 66 valence electrons. The number of rotatable bonds is 0. The van der Waals surface area contributed by atoms with Gasteiger partial charge >= 0.3 is 0 Å². The van der Waals surface area contributed by atoms with Crippen molar-refractivity contribution >= 4 is 26.7 Å². The molecule has 0 saturated heterocycles. The second-order valence-corrected chi connectivity index (χ2v) is 3.62. The predicted molar refractivity (Wildman–Crippen MR) is 55.0 cm³/mol. The predicted octanol–water partition coefficient (Wildman–Crippen LogP) is 3.01. The van der Waals surface area contributed by atoms with E-state index in [0.717, 1.165) is 4.47 Å². The largest absolute Gasteiger partial charge is 0.507 e. The highest BCUT2D eigenvalue weighted by molar-refractivity contribution is 9.10. The molecule has 0 amide bonds. The van der Waals surface area contributed by atoms with Crippen molar-refractivity contribution in [3.63, 3.8) is 0 Å². The lowest BCUT2D eigenvalue weighted by Crippen LogP contribution is -1.76. The third-order valence-corrected chi connectivity index (χ3v) is 2.61. The molecule has 2 N–H and O–H groups in total. The quantitative estimate of drug-likeness (QED) is 0.693. The third-order valence-electron chi connectivity index (χ3n) is 1.94. The molecule has 0 spiro atoms. The molecule has 0 aliphatic carbocycles. The molecule has 0 atom stereocenters. The van der Waals surface area contributed by atoms with Crippen molar-refractivity contribution in [1.29, 1.82) is 0 Å². The van der Waals surface area contributed by atoms with Gasteiger partial charge in [0.1, 0.15) is 11.5 Å². The molecule has 2 aromatic rings. The number of phenolic OH excluding ortho intramolecular Hbond substituents is 2. The van der Waals surface area contributed by atoms with Gasteiger partial charge in [-0.05, 0) is 18.2 Å². The normalized spacial score (nSPS) is 10.5. The minimum atomic E-state index is 0.167. The molecule has 2 nitrogen and oxygen atoms in total. The van der Waals surface area contributed by atoms with Gasteiger partial charge in [-0.25, -0.2) is 0 Å². The average molecular weight is 239 g/mol. The summed E-state index contributed by atoms with van der Waals surface area (Å²) in [5, 5.41) is 20.3. The SMILES string of the molecule is Oc1ccc(O)c2c(Br)cccc12. The van der Waals surface area contributed by atoms with E-state index in [-0.39, 0.29) is 11.5 Å². The molecule has 0 saturated carbocycles. The van der Waals surface area contributed by atoms with E-state index < -0.39 is 0 Å². The molecule has 0 aliphatic heterocycles. The first-order chi connectivity index (χ1) is 6.20. The first-order valence-corrected chi connectivity index (χ1v) is 4.58. The molecule has 0 fully saturated rings. The van der Waals surface area contributed by atoms with E-state index in [0.29, 0.717) is 10.8 Å². The Morgan fingerprint density at radius 1 is 0.923 bits per heavy atom. The van der Waals surface area contributed by atoms with Gasteiger partial charge in [-0.15, -0.1) is 0 Å². The smallest absolute Gasteiger partial charge is 0.124 e. The first kappa shape index (κ1) is 8.38. The molecule has 0 aliphatic rings. The van der Waals surface area contributed by atoms with E-state index in [1.165, 1.54) is 12.1 Å². The van der Waals surface area contributed by atoms with Crippen molar-refractivity contribution < 1.29 is 10.2 Å². The van der Waals surface area contributed by atoms with E-state index in [9.17, 15) is 10.2 Å². The summed E-state index contributed by atoms with van der Waals surface area (Å²) in [5.41, 5.74) is 0. The molecular weight excluding hydrogens is 232 g/mol. The molecule has 0 radical (unpaired) electrons. The number of halogens is 1. The number of fused-ring (bicyclic) bond motifs is 1. The van der Waals surface area contributed by atoms with Crippen LogP contribution in [-0.4, -0.2) is 10.2 Å². The van der Waals surface area contributed by atoms with Crippen molar-refractivity contribution in [1.82, 2.24) is 0 Å². The number of aromatic hydroxyl groups is 2. The lowest BCUT2D eigenvalue weighted by molar-refractivity contribution is 0.469. The Kier molecular flexibility index (Phi) is 1.88. The second kappa shape index (κ2) is 2.92. The van der Waals surface area contributed by atoms with Crippen LogP contribution < -0.4 is 0 Å². The zero-order valence-corrected chi connectivity index (χ0v) is 8.25. The van der Waals surface area contributed by atoms with Gasteiger partial charge in [0.25, 0.3) is 0 Å². The fourth-order valence-electron chi connectivity index (χ4n) is 1.33. The number of hydrogen-bond donors (Lipinski definition) is 2. The average Bonchev–Trinajstić information content (AvgIpc) is 2.12. The maximum atomic E-state index is 9.54. The second-order valence-electron chi connectivity index (χ2n) is 2.77. The van der Waals surface area contributed by atoms with Crippen LogP contribution in [0.25, 0.3) is 10.8 Å². The monoisotopic (exact) mass is 238 g/mol. The van der Waals surface area contributed by atoms with E-state index in [1.54, 1.807) is 6.07 Å². The number of hydrogen-bond acceptors (Lipinski definition) is 2. The zero-order valence-electron chi connectivity index (χ0n) is 6.66. The van der Waals surface area contributed by atoms with Gasteiger partial charge in [0.05, 0.1) is 0 Å². The van der Waals surface area contributed by atoms with Crippen molar-refractivity contribution in [2.75, 3.05) is 0 Å². The van der Waals surface area contributed by atoms with Gasteiger partial charge in [0, 0.05) is 15.2 Å². The van der Waals surface area contributed by atoms with Crippen molar-refractivity contribution in [3.8, 4) is 11.5 Å². The molecule has 13 heavy (non-hydrogen) atoms. The first-order valence-electron chi connectivity index (χ1n) is 3.79. The van der Waals surface area contributed by atoms with Crippen LogP contribution in [-0.2, 0) is 0 Å². The Bertz CT molecular complexity index is 457. The van der Waals surface area contributed by atoms with Crippen molar-refractivity contribution in [3.05, 3.63) is 34.8 Å². The van der Waals surface area contributed by atoms with Crippen molar-refractivity contribution in [2.45, 2.75) is 0 Å². The Balaban J connectivity index is 3.00. The lowest BCUT2D eigenvalue weighted by atomic mass is 10.1. The van der Waals surface area contributed by atoms with E-state index in [1.807, 2.05) is 12.1 Å². The maximum absolute atomic E-state index is 9.54. The Morgan fingerprint density at radius 2 is 1.62 bits per heavy atom. The van der Waals surface area contributed by atoms with E-state index in [4.69, 9.17) is 0 Å². The Hall–Kier alpha value is -1.22. The molecule has 0 heterocycles. The van der Waals surface area contributed by atoms with Gasteiger partial charge in [-0.3, -0.25) is 0 Å². The zero-order chi connectivity index (χ0) is 9.42. The topological polar surface area (TPSA) is 40.5 Å². The van der Waals surface area contributed by atoms with E-state index >= 15 is 0 Å². The van der Waals surface area contributed by atoms with Gasteiger partial charge in [0.2, 0.25) is 0 Å². The van der Waals surface area contributed by atoms with Crippen LogP contribution in [0.5, 0.6) is 11.5 Å². The van der Waals surface area contributed by atoms with Crippen LogP contribution in [0.2, 0.25) is 0 Å². The number of benzene rings is 2. The molecule has 3 heteroatoms. The minimum absolute atomic E-state index is 0.167. The van der Waals surface area contributed by atoms with E-state index in [2.05, 4.69) is 15.9 Å². The molecule has 2 aromatic carbocycles. The standard InChI is InChI=1S/C10H7BrO2/c11-7-3-1-2-6-8(12)4-5-9(13)10(6)7/h1-5,12-13H. The summed E-state index contributed by atoms with van der Waals surface area (Å²) in [5.74, 6) is 0.342. The Labute approximate surface area is 83.6 Å². The van der Waals surface area contributed by atoms with Gasteiger partial charge < -0.3 is 10.2 Å². The molecule has 0 unspecified atom stereocenters. The fourth-order valence-corrected chi connectivity index (χ4v) is 1.90. The summed E-state index contributed by atoms with van der Waals surface area (Å²) in [6.07, 6.45) is 0. The van der Waals surface area contributed by atoms with Gasteiger partial charge in [-0.2, -0.15) is 0 Å². The van der Waals surface area contributed by atoms with Crippen LogP contribution >= 0.6 is 15.9 Å². The number of phenols is 2. The summed E-state index contributed by atoms with van der Waals surface area (Å²) in [7, 11) is 0. The summed E-state index contributed by atoms with van der Waals surface area (Å²) in [6, 6.07) is 8.34. The van der Waals surface area contributed by atoms with Crippen molar-refractivity contribution in [2.24, 2.45) is 0 Å². The minimum Gasteiger partial charge on any atom is -0.507 e. The van der Waals surface area contributed by atoms with Gasteiger partial charge in [0.15, 0.2) is 0 Å². The summed E-state index contributed by atoms with van der Waals surface area (Å²) in [4.78, 5) is 0. The van der Waals surface area contributed by atoms with Gasteiger partial charge in [-0.1, -0.05) is 28.1 Å². The van der Waals surface area contributed by atoms with Crippen LogP contribution in [0.1, 0.15) is 0 Å². The molecular formula is C10H7BrO2. The van der Waals surface area contributed by atoms with Crippen LogP contribution in [0, 0.1) is 0 Å². The Morgan fingerprint density at radius 3 is 2.31 bits per heavy atom.